The first-order valence-corrected chi connectivity index (χ1v) is 9.91. The second kappa shape index (κ2) is 8.04. The molecule has 0 aliphatic heterocycles. The van der Waals surface area contributed by atoms with Gasteiger partial charge >= 0.3 is 0 Å². The van der Waals surface area contributed by atoms with Crippen LogP contribution < -0.4 is 5.32 Å². The van der Waals surface area contributed by atoms with Crippen LogP contribution in [0.1, 0.15) is 33.1 Å². The van der Waals surface area contributed by atoms with Gasteiger partial charge in [-0.05, 0) is 18.3 Å². The Kier molecular flexibility index (Phi) is 5.78. The molecule has 5 nitrogen and oxygen atoms in total. The number of nitrogens with zero attached hydrogens (tertiary/aromatic N) is 3. The van der Waals surface area contributed by atoms with Crippen molar-refractivity contribution in [1.29, 1.82) is 0 Å². The van der Waals surface area contributed by atoms with Crippen LogP contribution in [0.25, 0.3) is 11.4 Å². The van der Waals surface area contributed by atoms with E-state index in [1.54, 1.807) is 0 Å². The van der Waals surface area contributed by atoms with E-state index in [1.807, 2.05) is 41.9 Å². The van der Waals surface area contributed by atoms with Crippen LogP contribution in [-0.4, -0.2) is 32.5 Å². The van der Waals surface area contributed by atoms with E-state index < -0.39 is 0 Å². The average Bonchev–Trinajstić information content (AvgIpc) is 2.99. The predicted molar refractivity (Wildman–Crippen MR) is 101 cm³/mol. The number of thioether (sulfide) groups is 1. The fourth-order valence-electron chi connectivity index (χ4n) is 3.44. The minimum atomic E-state index is 0.0835. The van der Waals surface area contributed by atoms with Gasteiger partial charge in [-0.3, -0.25) is 4.79 Å². The molecule has 1 aliphatic rings. The number of aromatic nitrogens is 3. The standard InChI is InChI=1S/C19H26N4OS/c1-13-8-7-11-16(14(13)2)20-17(24)12-25-19-22-21-18(23(19)3)15-9-5-4-6-10-15/h4-6,9-10,13-14,16H,7-8,11-12H2,1-3H3,(H,20,24)/t13-,14-,16-/m1/s1. The zero-order valence-corrected chi connectivity index (χ0v) is 15.9. The van der Waals surface area contributed by atoms with Gasteiger partial charge < -0.3 is 9.88 Å². The van der Waals surface area contributed by atoms with Gasteiger partial charge in [-0.15, -0.1) is 10.2 Å². The highest BCUT2D eigenvalue weighted by Gasteiger charge is 2.28. The zero-order valence-electron chi connectivity index (χ0n) is 15.1. The molecule has 25 heavy (non-hydrogen) atoms. The molecule has 0 bridgehead atoms. The number of hydrogen-bond acceptors (Lipinski definition) is 4. The molecule has 1 fully saturated rings. The molecule has 1 aliphatic carbocycles. The average molecular weight is 359 g/mol. The third-order valence-corrected chi connectivity index (χ3v) is 6.27. The summed E-state index contributed by atoms with van der Waals surface area (Å²) >= 11 is 1.44. The number of amides is 1. The summed E-state index contributed by atoms with van der Waals surface area (Å²) in [5, 5.41) is 12.5. The Balaban J connectivity index is 1.57. The summed E-state index contributed by atoms with van der Waals surface area (Å²) in [6, 6.07) is 10.3. The Labute approximate surface area is 153 Å². The minimum absolute atomic E-state index is 0.0835. The van der Waals surface area contributed by atoms with Gasteiger partial charge in [0.15, 0.2) is 11.0 Å². The lowest BCUT2D eigenvalue weighted by atomic mass is 9.78. The van der Waals surface area contributed by atoms with E-state index in [2.05, 4.69) is 29.4 Å². The minimum Gasteiger partial charge on any atom is -0.352 e. The van der Waals surface area contributed by atoms with Crippen molar-refractivity contribution in [2.75, 3.05) is 5.75 Å². The molecular weight excluding hydrogens is 332 g/mol. The first-order valence-electron chi connectivity index (χ1n) is 8.93. The van der Waals surface area contributed by atoms with Crippen LogP contribution in [0.2, 0.25) is 0 Å². The lowest BCUT2D eigenvalue weighted by Crippen LogP contribution is -2.44. The van der Waals surface area contributed by atoms with Crippen LogP contribution in [0.15, 0.2) is 35.5 Å². The molecule has 1 amide bonds. The molecule has 1 N–H and O–H groups in total. The summed E-state index contributed by atoms with van der Waals surface area (Å²) in [7, 11) is 1.94. The first-order chi connectivity index (χ1) is 12.1. The maximum atomic E-state index is 12.3. The lowest BCUT2D eigenvalue weighted by Gasteiger charge is -2.34. The second-order valence-corrected chi connectivity index (χ2v) is 7.90. The first kappa shape index (κ1) is 18.0. The second-order valence-electron chi connectivity index (χ2n) is 6.96. The van der Waals surface area contributed by atoms with E-state index in [1.165, 1.54) is 24.6 Å². The summed E-state index contributed by atoms with van der Waals surface area (Å²) < 4.78 is 1.94. The molecule has 1 aromatic carbocycles. The Bertz CT molecular complexity index is 715. The number of hydrogen-bond donors (Lipinski definition) is 1. The van der Waals surface area contributed by atoms with Gasteiger partial charge in [0, 0.05) is 18.7 Å². The van der Waals surface area contributed by atoms with Crippen molar-refractivity contribution in [2.24, 2.45) is 18.9 Å². The highest BCUT2D eigenvalue weighted by Crippen LogP contribution is 2.29. The monoisotopic (exact) mass is 358 g/mol. The Morgan fingerprint density at radius 1 is 1.24 bits per heavy atom. The van der Waals surface area contributed by atoms with Crippen LogP contribution in [0, 0.1) is 11.8 Å². The van der Waals surface area contributed by atoms with Gasteiger partial charge in [-0.1, -0.05) is 68.8 Å². The van der Waals surface area contributed by atoms with Crippen molar-refractivity contribution in [2.45, 2.75) is 44.3 Å². The SMILES string of the molecule is C[C@@H]1[C@H](C)CCC[C@H]1NC(=O)CSc1nnc(-c2ccccc2)n1C. The van der Waals surface area contributed by atoms with E-state index in [-0.39, 0.29) is 5.91 Å². The van der Waals surface area contributed by atoms with Gasteiger partial charge in [0.05, 0.1) is 5.75 Å². The summed E-state index contributed by atoms with van der Waals surface area (Å²) in [5.74, 6) is 2.50. The van der Waals surface area contributed by atoms with Crippen LogP contribution in [0.3, 0.4) is 0 Å². The third-order valence-electron chi connectivity index (χ3n) is 5.25. The molecule has 2 aromatic rings. The van der Waals surface area contributed by atoms with E-state index >= 15 is 0 Å². The van der Waals surface area contributed by atoms with Crippen molar-refractivity contribution < 1.29 is 4.79 Å². The molecule has 134 valence electrons. The fraction of sp³-hybridized carbons (Fsp3) is 0.526. The Morgan fingerprint density at radius 3 is 2.76 bits per heavy atom. The summed E-state index contributed by atoms with van der Waals surface area (Å²) in [5.41, 5.74) is 1.03. The van der Waals surface area contributed by atoms with Crippen LogP contribution in [-0.2, 0) is 11.8 Å². The van der Waals surface area contributed by atoms with Gasteiger partial charge in [-0.2, -0.15) is 0 Å². The highest BCUT2D eigenvalue weighted by molar-refractivity contribution is 7.99. The smallest absolute Gasteiger partial charge is 0.230 e. The molecule has 0 spiro atoms. The van der Waals surface area contributed by atoms with Crippen molar-refractivity contribution in [3.8, 4) is 11.4 Å². The van der Waals surface area contributed by atoms with Gasteiger partial charge in [0.1, 0.15) is 0 Å². The molecule has 0 saturated heterocycles. The number of benzene rings is 1. The highest BCUT2D eigenvalue weighted by atomic mass is 32.2. The van der Waals surface area contributed by atoms with Crippen molar-refractivity contribution >= 4 is 17.7 Å². The van der Waals surface area contributed by atoms with E-state index in [9.17, 15) is 4.79 Å². The fourth-order valence-corrected chi connectivity index (χ4v) is 4.17. The zero-order chi connectivity index (χ0) is 17.8. The van der Waals surface area contributed by atoms with Gasteiger partial charge in [-0.25, -0.2) is 0 Å². The molecule has 3 atom stereocenters. The van der Waals surface area contributed by atoms with E-state index in [0.29, 0.717) is 23.6 Å². The van der Waals surface area contributed by atoms with Crippen molar-refractivity contribution in [1.82, 2.24) is 20.1 Å². The van der Waals surface area contributed by atoms with Crippen molar-refractivity contribution in [3.05, 3.63) is 30.3 Å². The molecule has 1 aromatic heterocycles. The molecule has 1 saturated carbocycles. The molecule has 0 radical (unpaired) electrons. The van der Waals surface area contributed by atoms with Gasteiger partial charge in [0.25, 0.3) is 0 Å². The van der Waals surface area contributed by atoms with Crippen LogP contribution in [0.5, 0.6) is 0 Å². The maximum Gasteiger partial charge on any atom is 0.230 e. The van der Waals surface area contributed by atoms with Crippen LogP contribution >= 0.6 is 11.8 Å². The maximum absolute atomic E-state index is 12.3. The topological polar surface area (TPSA) is 59.8 Å². The molecular formula is C19H26N4OS. The lowest BCUT2D eigenvalue weighted by molar-refractivity contribution is -0.120. The summed E-state index contributed by atoms with van der Waals surface area (Å²) in [4.78, 5) is 12.3. The van der Waals surface area contributed by atoms with E-state index in [0.717, 1.165) is 23.0 Å². The number of nitrogens with one attached hydrogen (secondary N) is 1. The third kappa shape index (κ3) is 4.24. The largest absolute Gasteiger partial charge is 0.352 e. The Hall–Kier alpha value is -1.82. The molecule has 3 rings (SSSR count). The normalized spacial score (nSPS) is 23.4. The van der Waals surface area contributed by atoms with Crippen molar-refractivity contribution in [3.63, 3.8) is 0 Å². The quantitative estimate of drug-likeness (QED) is 0.831. The van der Waals surface area contributed by atoms with E-state index in [4.69, 9.17) is 0 Å². The summed E-state index contributed by atoms with van der Waals surface area (Å²) in [6.07, 6.45) is 3.56. The number of carbonyl (C=O) groups is 1. The molecule has 0 unspecified atom stereocenters. The number of rotatable bonds is 5. The Morgan fingerprint density at radius 2 is 2.00 bits per heavy atom. The van der Waals surface area contributed by atoms with Gasteiger partial charge in [0.2, 0.25) is 5.91 Å². The predicted octanol–water partition coefficient (Wildman–Crippen LogP) is 3.52. The molecule has 1 heterocycles. The van der Waals surface area contributed by atoms with Crippen LogP contribution in [0.4, 0.5) is 0 Å². The molecule has 6 heteroatoms. The number of carbonyl (C=O) groups excluding carboxylic acids is 1. The summed E-state index contributed by atoms with van der Waals surface area (Å²) in [6.45, 7) is 4.53.